The highest BCUT2D eigenvalue weighted by atomic mass is 15.0. The predicted molar refractivity (Wildman–Crippen MR) is 162 cm³/mol. The summed E-state index contributed by atoms with van der Waals surface area (Å²) in [6.07, 6.45) is 0. The van der Waals surface area contributed by atoms with Gasteiger partial charge in [0.1, 0.15) is 0 Å². The van der Waals surface area contributed by atoms with E-state index in [1.165, 1.54) is 100 Å². The van der Waals surface area contributed by atoms with Crippen LogP contribution in [0.25, 0.3) is 22.2 Å². The van der Waals surface area contributed by atoms with Gasteiger partial charge in [0.2, 0.25) is 0 Å². The van der Waals surface area contributed by atoms with Crippen LogP contribution < -0.4 is 0 Å². The fourth-order valence-electron chi connectivity index (χ4n) is 7.49. The number of fused-ring (bicyclic) bond motifs is 5. The van der Waals surface area contributed by atoms with Crippen molar-refractivity contribution in [2.24, 2.45) is 0 Å². The molecule has 0 radical (unpaired) electrons. The van der Waals surface area contributed by atoms with Gasteiger partial charge in [-0.3, -0.25) is 0 Å². The summed E-state index contributed by atoms with van der Waals surface area (Å²) in [5.41, 5.74) is 27.9. The highest BCUT2D eigenvalue weighted by Gasteiger charge is 2.37. The Bertz CT molecular complexity index is 1640. The van der Waals surface area contributed by atoms with Crippen molar-refractivity contribution in [3.05, 3.63) is 89.0 Å². The number of hydrogen-bond donors (Lipinski definition) is 0. The smallest absolute Gasteiger partial charge is 0.0539 e. The molecule has 1 heterocycles. The molecule has 3 aromatic carbocycles. The van der Waals surface area contributed by atoms with Gasteiger partial charge < -0.3 is 4.57 Å². The molecular formula is C36H45N. The highest BCUT2D eigenvalue weighted by Crippen LogP contribution is 2.55. The van der Waals surface area contributed by atoms with Gasteiger partial charge in [-0.05, 0) is 179 Å². The van der Waals surface area contributed by atoms with Crippen molar-refractivity contribution in [3.63, 3.8) is 0 Å². The minimum absolute atomic E-state index is 0.399. The van der Waals surface area contributed by atoms with Crippen molar-refractivity contribution >= 4 is 10.9 Å². The van der Waals surface area contributed by atoms with E-state index in [1.54, 1.807) is 11.1 Å². The van der Waals surface area contributed by atoms with Gasteiger partial charge in [0.05, 0.1) is 11.2 Å². The van der Waals surface area contributed by atoms with E-state index in [-0.39, 0.29) is 0 Å². The second kappa shape index (κ2) is 8.35. The third kappa shape index (κ3) is 3.16. The van der Waals surface area contributed by atoms with Gasteiger partial charge in [0.15, 0.2) is 0 Å². The van der Waals surface area contributed by atoms with E-state index >= 15 is 0 Å². The second-order valence-electron chi connectivity index (χ2n) is 12.2. The second-order valence-corrected chi connectivity index (χ2v) is 12.2. The van der Waals surface area contributed by atoms with Gasteiger partial charge in [-0.15, -0.1) is 0 Å². The molecule has 0 saturated heterocycles. The first-order valence-electron chi connectivity index (χ1n) is 14.0. The fraction of sp³-hybridized carbons (Fsp3) is 0.444. The molecule has 4 aromatic rings. The van der Waals surface area contributed by atoms with E-state index in [2.05, 4.69) is 101 Å². The van der Waals surface area contributed by atoms with Crippen LogP contribution in [0.3, 0.4) is 0 Å². The van der Waals surface area contributed by atoms with Gasteiger partial charge in [-0.25, -0.2) is 0 Å². The molecule has 0 fully saturated rings. The maximum Gasteiger partial charge on any atom is 0.0539 e. The van der Waals surface area contributed by atoms with Gasteiger partial charge in [0, 0.05) is 23.4 Å². The van der Waals surface area contributed by atoms with Gasteiger partial charge in [-0.2, -0.15) is 0 Å². The molecule has 1 nitrogen and oxygen atoms in total. The van der Waals surface area contributed by atoms with Crippen LogP contribution in [0.4, 0.5) is 0 Å². The summed E-state index contributed by atoms with van der Waals surface area (Å²) in [5, 5.41) is 1.50. The van der Waals surface area contributed by atoms with Crippen LogP contribution in [-0.2, 0) is 6.54 Å². The fourth-order valence-corrected chi connectivity index (χ4v) is 7.49. The van der Waals surface area contributed by atoms with E-state index in [9.17, 15) is 0 Å². The van der Waals surface area contributed by atoms with E-state index < -0.39 is 0 Å². The SMILES string of the molecule is Cc1c(C)c(C)c(Cn2c3c(c4c(C)c(C)c(C)c(C)c42)C(C)c2c(C)c(C)c(C)c(C)c2-3)c(C)c1C. The van der Waals surface area contributed by atoms with Crippen molar-refractivity contribution in [1.82, 2.24) is 4.57 Å². The zero-order valence-electron chi connectivity index (χ0n) is 25.7. The lowest BCUT2D eigenvalue weighted by molar-refractivity contribution is 0.820. The summed E-state index contributed by atoms with van der Waals surface area (Å²) in [7, 11) is 0. The van der Waals surface area contributed by atoms with E-state index in [1.807, 2.05) is 0 Å². The summed E-state index contributed by atoms with van der Waals surface area (Å²) in [6.45, 7) is 33.6. The van der Waals surface area contributed by atoms with Crippen LogP contribution in [-0.4, -0.2) is 4.57 Å². The largest absolute Gasteiger partial charge is 0.335 e. The molecule has 0 amide bonds. The molecular weight excluding hydrogens is 446 g/mol. The predicted octanol–water partition coefficient (Wildman–Crippen LogP) is 9.83. The first-order valence-corrected chi connectivity index (χ1v) is 14.0. The van der Waals surface area contributed by atoms with Crippen molar-refractivity contribution in [2.75, 3.05) is 0 Å². The van der Waals surface area contributed by atoms with Crippen molar-refractivity contribution in [1.29, 1.82) is 0 Å². The maximum absolute atomic E-state index is 2.73. The Labute approximate surface area is 224 Å². The van der Waals surface area contributed by atoms with Crippen molar-refractivity contribution in [3.8, 4) is 11.3 Å². The molecule has 0 saturated carbocycles. The number of benzene rings is 3. The zero-order valence-corrected chi connectivity index (χ0v) is 25.7. The highest BCUT2D eigenvalue weighted by molar-refractivity contribution is 6.02. The Balaban J connectivity index is 2.00. The third-order valence-electron chi connectivity index (χ3n) is 11.0. The van der Waals surface area contributed by atoms with Gasteiger partial charge in [-0.1, -0.05) is 6.92 Å². The molecule has 1 unspecified atom stereocenters. The normalized spacial score (nSPS) is 14.6. The minimum atomic E-state index is 0.399. The third-order valence-corrected chi connectivity index (χ3v) is 11.0. The molecule has 0 bridgehead atoms. The van der Waals surface area contributed by atoms with Crippen LogP contribution in [0.5, 0.6) is 0 Å². The van der Waals surface area contributed by atoms with Crippen molar-refractivity contribution < 1.29 is 0 Å². The molecule has 1 atom stereocenters. The summed E-state index contributed by atoms with van der Waals surface area (Å²) in [6, 6.07) is 0. The standard InChI is InChI=1S/C36H45N/c1-16-17(2)23(8)30(24(9)18(16)3)15-37-35-28(13)22(7)21(6)27(12)33(35)34-29(14)31-25(10)19(4)20(5)26(11)32(31)36(34)37/h29H,15H2,1-14H3. The molecule has 194 valence electrons. The summed E-state index contributed by atoms with van der Waals surface area (Å²) in [5.74, 6) is 0.399. The number of rotatable bonds is 2. The quantitative estimate of drug-likeness (QED) is 0.263. The molecule has 0 aliphatic heterocycles. The number of nitrogens with zero attached hydrogens (tertiary/aromatic N) is 1. The molecule has 5 rings (SSSR count). The monoisotopic (exact) mass is 491 g/mol. The van der Waals surface area contributed by atoms with Crippen molar-refractivity contribution in [2.45, 2.75) is 109 Å². The molecule has 0 N–H and O–H groups in total. The Kier molecular flexibility index (Phi) is 5.83. The summed E-state index contributed by atoms with van der Waals surface area (Å²) < 4.78 is 2.73. The number of aryl methyl sites for hydroxylation is 2. The summed E-state index contributed by atoms with van der Waals surface area (Å²) >= 11 is 0. The van der Waals surface area contributed by atoms with Crippen LogP contribution in [0, 0.1) is 90.0 Å². The van der Waals surface area contributed by atoms with Crippen LogP contribution in [0.1, 0.15) is 102 Å². The lowest BCUT2D eigenvalue weighted by Crippen LogP contribution is -2.11. The van der Waals surface area contributed by atoms with E-state index in [4.69, 9.17) is 0 Å². The zero-order chi connectivity index (χ0) is 27.4. The molecule has 0 spiro atoms. The molecule has 1 heteroatoms. The van der Waals surface area contributed by atoms with E-state index in [0.717, 1.165) is 6.54 Å². The topological polar surface area (TPSA) is 4.93 Å². The number of aromatic nitrogens is 1. The first kappa shape index (κ1) is 25.8. The molecule has 1 aliphatic carbocycles. The first-order chi connectivity index (χ1) is 17.2. The lowest BCUT2D eigenvalue weighted by Gasteiger charge is -2.24. The Morgan fingerprint density at radius 2 is 0.892 bits per heavy atom. The van der Waals surface area contributed by atoms with Crippen LogP contribution >= 0.6 is 0 Å². The lowest BCUT2D eigenvalue weighted by atomic mass is 9.85. The van der Waals surface area contributed by atoms with Gasteiger partial charge in [0.25, 0.3) is 0 Å². The van der Waals surface area contributed by atoms with E-state index in [0.29, 0.717) is 5.92 Å². The Morgan fingerprint density at radius 3 is 1.46 bits per heavy atom. The van der Waals surface area contributed by atoms with Crippen LogP contribution in [0.15, 0.2) is 0 Å². The van der Waals surface area contributed by atoms with Crippen LogP contribution in [0.2, 0.25) is 0 Å². The Hall–Kier alpha value is -2.80. The van der Waals surface area contributed by atoms with Gasteiger partial charge >= 0.3 is 0 Å². The maximum atomic E-state index is 2.73. The summed E-state index contributed by atoms with van der Waals surface area (Å²) in [4.78, 5) is 0. The Morgan fingerprint density at radius 1 is 0.459 bits per heavy atom. The molecule has 1 aliphatic rings. The average molecular weight is 492 g/mol. The number of hydrogen-bond acceptors (Lipinski definition) is 0. The molecule has 1 aromatic heterocycles. The minimum Gasteiger partial charge on any atom is -0.335 e. The molecule has 37 heavy (non-hydrogen) atoms. The average Bonchev–Trinajstić information content (AvgIpc) is 3.36.